The number of hydrogen-bond donors (Lipinski definition) is 0. The molecule has 0 saturated carbocycles. The lowest BCUT2D eigenvalue weighted by Gasteiger charge is -2.17. The number of fused-ring (bicyclic) bond motifs is 1. The fraction of sp³-hybridized carbons (Fsp3) is 0.481. The number of rotatable bonds is 9. The SMILES string of the molecule is CCCCCCc1ccc(C(=O)OC2COC3C(OC(=O)c4ccc(C)cc4)COC23)cc1. The third kappa shape index (κ3) is 5.81. The van der Waals surface area contributed by atoms with E-state index < -0.39 is 36.4 Å². The lowest BCUT2D eigenvalue weighted by Crippen LogP contribution is -2.36. The Hall–Kier alpha value is -2.70. The molecule has 4 unspecified atom stereocenters. The van der Waals surface area contributed by atoms with Crippen molar-refractivity contribution in [3.63, 3.8) is 0 Å². The van der Waals surface area contributed by atoms with Gasteiger partial charge in [0, 0.05) is 0 Å². The van der Waals surface area contributed by atoms with Crippen molar-refractivity contribution in [3.05, 3.63) is 70.8 Å². The minimum Gasteiger partial charge on any atom is -0.453 e. The van der Waals surface area contributed by atoms with E-state index in [1.165, 1.54) is 24.8 Å². The van der Waals surface area contributed by atoms with Gasteiger partial charge in [0.1, 0.15) is 12.2 Å². The highest BCUT2D eigenvalue weighted by molar-refractivity contribution is 5.90. The molecule has 2 aromatic carbocycles. The summed E-state index contributed by atoms with van der Waals surface area (Å²) >= 11 is 0. The number of ether oxygens (including phenoxy) is 4. The van der Waals surface area contributed by atoms with Crippen molar-refractivity contribution in [1.29, 1.82) is 0 Å². The highest BCUT2D eigenvalue weighted by Gasteiger charge is 2.51. The van der Waals surface area contributed by atoms with Crippen molar-refractivity contribution in [2.75, 3.05) is 13.2 Å². The predicted octanol–water partition coefficient (Wildman–Crippen LogP) is 4.67. The number of carbonyl (C=O) groups is 2. The second kappa shape index (κ2) is 10.9. The third-order valence-electron chi connectivity index (χ3n) is 6.28. The first-order chi connectivity index (χ1) is 16.0. The topological polar surface area (TPSA) is 71.1 Å². The molecule has 4 atom stereocenters. The highest BCUT2D eigenvalue weighted by atomic mass is 16.7. The first kappa shape index (κ1) is 23.5. The van der Waals surface area contributed by atoms with Gasteiger partial charge in [-0.3, -0.25) is 0 Å². The van der Waals surface area contributed by atoms with Crippen LogP contribution in [0.2, 0.25) is 0 Å². The molecule has 2 saturated heterocycles. The van der Waals surface area contributed by atoms with Gasteiger partial charge in [0.05, 0.1) is 24.3 Å². The lowest BCUT2D eigenvalue weighted by molar-refractivity contribution is -0.0287. The van der Waals surface area contributed by atoms with Gasteiger partial charge in [0.2, 0.25) is 0 Å². The van der Waals surface area contributed by atoms with Crippen LogP contribution in [0.4, 0.5) is 0 Å². The zero-order chi connectivity index (χ0) is 23.2. The molecule has 0 spiro atoms. The maximum Gasteiger partial charge on any atom is 0.338 e. The molecule has 0 aromatic heterocycles. The van der Waals surface area contributed by atoms with Crippen LogP contribution in [-0.2, 0) is 25.4 Å². The summed E-state index contributed by atoms with van der Waals surface area (Å²) < 4.78 is 22.9. The average Bonchev–Trinajstić information content (AvgIpc) is 3.41. The number of benzene rings is 2. The second-order valence-corrected chi connectivity index (χ2v) is 8.86. The van der Waals surface area contributed by atoms with E-state index in [2.05, 4.69) is 6.92 Å². The van der Waals surface area contributed by atoms with Crippen LogP contribution in [0.25, 0.3) is 0 Å². The maximum absolute atomic E-state index is 12.7. The summed E-state index contributed by atoms with van der Waals surface area (Å²) in [6.45, 7) is 4.59. The summed E-state index contributed by atoms with van der Waals surface area (Å²) in [7, 11) is 0. The molecule has 0 bridgehead atoms. The lowest BCUT2D eigenvalue weighted by atomic mass is 10.0. The van der Waals surface area contributed by atoms with Gasteiger partial charge in [0.25, 0.3) is 0 Å². The summed E-state index contributed by atoms with van der Waals surface area (Å²) in [5.41, 5.74) is 3.29. The zero-order valence-electron chi connectivity index (χ0n) is 19.3. The van der Waals surface area contributed by atoms with Crippen LogP contribution in [0.3, 0.4) is 0 Å². The summed E-state index contributed by atoms with van der Waals surface area (Å²) in [6.07, 6.45) is 3.94. The van der Waals surface area contributed by atoms with E-state index in [4.69, 9.17) is 18.9 Å². The Labute approximate surface area is 195 Å². The molecule has 0 N–H and O–H groups in total. The summed E-state index contributed by atoms with van der Waals surface area (Å²) in [4.78, 5) is 25.1. The molecule has 0 amide bonds. The molecule has 176 valence electrons. The Bertz CT molecular complexity index is 936. The molecule has 6 heteroatoms. The van der Waals surface area contributed by atoms with E-state index in [1.807, 2.05) is 43.3 Å². The summed E-state index contributed by atoms with van der Waals surface area (Å²) in [6, 6.07) is 14.8. The van der Waals surface area contributed by atoms with Gasteiger partial charge >= 0.3 is 11.9 Å². The van der Waals surface area contributed by atoms with Crippen LogP contribution in [0, 0.1) is 6.92 Å². The molecule has 0 radical (unpaired) electrons. The average molecular weight is 453 g/mol. The molecule has 2 aromatic rings. The van der Waals surface area contributed by atoms with Gasteiger partial charge < -0.3 is 18.9 Å². The van der Waals surface area contributed by atoms with E-state index in [0.29, 0.717) is 11.1 Å². The van der Waals surface area contributed by atoms with Crippen molar-refractivity contribution < 1.29 is 28.5 Å². The minimum absolute atomic E-state index is 0.216. The smallest absolute Gasteiger partial charge is 0.338 e. The Balaban J connectivity index is 1.28. The van der Waals surface area contributed by atoms with Gasteiger partial charge in [-0.1, -0.05) is 56.0 Å². The predicted molar refractivity (Wildman–Crippen MR) is 123 cm³/mol. The van der Waals surface area contributed by atoms with Crippen LogP contribution >= 0.6 is 0 Å². The number of carbonyl (C=O) groups excluding carboxylic acids is 2. The molecule has 4 rings (SSSR count). The van der Waals surface area contributed by atoms with E-state index in [1.54, 1.807) is 12.1 Å². The van der Waals surface area contributed by atoms with Gasteiger partial charge in [0.15, 0.2) is 12.2 Å². The molecular formula is C27H32O6. The first-order valence-electron chi connectivity index (χ1n) is 11.9. The monoisotopic (exact) mass is 452 g/mol. The van der Waals surface area contributed by atoms with E-state index in [9.17, 15) is 9.59 Å². The van der Waals surface area contributed by atoms with Crippen LogP contribution in [0.5, 0.6) is 0 Å². The van der Waals surface area contributed by atoms with Gasteiger partial charge in [-0.15, -0.1) is 0 Å². The molecule has 33 heavy (non-hydrogen) atoms. The van der Waals surface area contributed by atoms with Crippen molar-refractivity contribution in [3.8, 4) is 0 Å². The first-order valence-corrected chi connectivity index (χ1v) is 11.9. The van der Waals surface area contributed by atoms with Crippen molar-refractivity contribution in [2.45, 2.75) is 70.4 Å². The quantitative estimate of drug-likeness (QED) is 0.407. The summed E-state index contributed by atoms with van der Waals surface area (Å²) in [5.74, 6) is -0.812. The number of aryl methyl sites for hydroxylation is 2. The zero-order valence-corrected chi connectivity index (χ0v) is 19.3. The van der Waals surface area contributed by atoms with E-state index >= 15 is 0 Å². The Morgan fingerprint density at radius 2 is 1.30 bits per heavy atom. The standard InChI is InChI=1S/C27H32O6/c1-3-4-5-6-7-19-10-14-21(15-11-19)27(29)33-23-17-31-24-22(16-30-25(23)24)32-26(28)20-12-8-18(2)9-13-20/h8-15,22-25H,3-7,16-17H2,1-2H3. The molecular weight excluding hydrogens is 420 g/mol. The largest absolute Gasteiger partial charge is 0.453 e. The molecule has 2 aliphatic heterocycles. The number of hydrogen-bond acceptors (Lipinski definition) is 6. The number of esters is 2. The van der Waals surface area contributed by atoms with Crippen molar-refractivity contribution in [2.24, 2.45) is 0 Å². The Morgan fingerprint density at radius 3 is 1.82 bits per heavy atom. The van der Waals surface area contributed by atoms with E-state index in [0.717, 1.165) is 18.4 Å². The highest BCUT2D eigenvalue weighted by Crippen LogP contribution is 2.31. The fourth-order valence-corrected chi connectivity index (χ4v) is 4.30. The Kier molecular flexibility index (Phi) is 7.78. The maximum atomic E-state index is 12.7. The normalized spacial score (nSPS) is 23.8. The second-order valence-electron chi connectivity index (χ2n) is 8.86. The molecule has 2 heterocycles. The van der Waals surface area contributed by atoms with Crippen LogP contribution in [0.1, 0.15) is 64.4 Å². The molecule has 2 aliphatic rings. The minimum atomic E-state index is -0.528. The van der Waals surface area contributed by atoms with Crippen LogP contribution < -0.4 is 0 Å². The van der Waals surface area contributed by atoms with Crippen molar-refractivity contribution in [1.82, 2.24) is 0 Å². The van der Waals surface area contributed by atoms with Gasteiger partial charge in [-0.2, -0.15) is 0 Å². The molecule has 6 nitrogen and oxygen atoms in total. The third-order valence-corrected chi connectivity index (χ3v) is 6.28. The van der Waals surface area contributed by atoms with E-state index in [-0.39, 0.29) is 13.2 Å². The van der Waals surface area contributed by atoms with Crippen LogP contribution in [0.15, 0.2) is 48.5 Å². The van der Waals surface area contributed by atoms with Crippen molar-refractivity contribution >= 4 is 11.9 Å². The van der Waals surface area contributed by atoms with Gasteiger partial charge in [-0.25, -0.2) is 9.59 Å². The Morgan fingerprint density at radius 1 is 0.788 bits per heavy atom. The summed E-state index contributed by atoms with van der Waals surface area (Å²) in [5, 5.41) is 0. The van der Waals surface area contributed by atoms with Gasteiger partial charge in [-0.05, 0) is 49.6 Å². The van der Waals surface area contributed by atoms with Crippen LogP contribution in [-0.4, -0.2) is 49.6 Å². The molecule has 2 fully saturated rings. The number of unbranched alkanes of at least 4 members (excludes halogenated alkanes) is 3. The molecule has 0 aliphatic carbocycles. The fourth-order valence-electron chi connectivity index (χ4n) is 4.30.